The van der Waals surface area contributed by atoms with Crippen molar-refractivity contribution in [3.8, 4) is 11.6 Å². The van der Waals surface area contributed by atoms with Gasteiger partial charge in [0.05, 0.1) is 12.7 Å². The molecule has 0 unspecified atom stereocenters. The van der Waals surface area contributed by atoms with Crippen LogP contribution in [-0.4, -0.2) is 12.1 Å². The van der Waals surface area contributed by atoms with Crippen molar-refractivity contribution >= 4 is 0 Å². The van der Waals surface area contributed by atoms with E-state index in [1.165, 1.54) is 5.56 Å². The molecule has 1 aromatic heterocycles. The Morgan fingerprint density at radius 2 is 1.89 bits per heavy atom. The SMILES string of the molecule is CCc1ccc(OCc2cccnc2OC)cc1. The molecular weight excluding hydrogens is 226 g/mol. The lowest BCUT2D eigenvalue weighted by atomic mass is 10.2. The monoisotopic (exact) mass is 243 g/mol. The molecule has 94 valence electrons. The maximum atomic E-state index is 5.71. The number of benzene rings is 1. The molecule has 1 aromatic carbocycles. The Bertz CT molecular complexity index is 494. The number of pyridine rings is 1. The van der Waals surface area contributed by atoms with E-state index in [0.29, 0.717) is 12.5 Å². The van der Waals surface area contributed by atoms with Gasteiger partial charge in [-0.2, -0.15) is 0 Å². The normalized spacial score (nSPS) is 10.1. The number of ether oxygens (including phenoxy) is 2. The predicted molar refractivity (Wildman–Crippen MR) is 70.9 cm³/mol. The highest BCUT2D eigenvalue weighted by atomic mass is 16.5. The molecule has 0 saturated heterocycles. The zero-order chi connectivity index (χ0) is 12.8. The van der Waals surface area contributed by atoms with Gasteiger partial charge in [0.1, 0.15) is 12.4 Å². The quantitative estimate of drug-likeness (QED) is 0.808. The third-order valence-corrected chi connectivity index (χ3v) is 2.77. The average Bonchev–Trinajstić information content (AvgIpc) is 2.46. The molecule has 3 nitrogen and oxygen atoms in total. The van der Waals surface area contributed by atoms with Crippen LogP contribution in [0.5, 0.6) is 11.6 Å². The molecule has 2 rings (SSSR count). The highest BCUT2D eigenvalue weighted by Gasteiger charge is 2.03. The first-order valence-corrected chi connectivity index (χ1v) is 6.03. The van der Waals surface area contributed by atoms with E-state index in [9.17, 15) is 0 Å². The largest absolute Gasteiger partial charge is 0.489 e. The Labute approximate surface area is 107 Å². The van der Waals surface area contributed by atoms with Crippen LogP contribution < -0.4 is 9.47 Å². The average molecular weight is 243 g/mol. The van der Waals surface area contributed by atoms with Crippen LogP contribution in [0.4, 0.5) is 0 Å². The van der Waals surface area contributed by atoms with Crippen molar-refractivity contribution in [1.29, 1.82) is 0 Å². The molecule has 3 heteroatoms. The fourth-order valence-corrected chi connectivity index (χ4v) is 1.70. The van der Waals surface area contributed by atoms with Crippen LogP contribution in [0.3, 0.4) is 0 Å². The van der Waals surface area contributed by atoms with Crippen molar-refractivity contribution in [2.45, 2.75) is 20.0 Å². The van der Waals surface area contributed by atoms with Crippen molar-refractivity contribution in [2.75, 3.05) is 7.11 Å². The summed E-state index contributed by atoms with van der Waals surface area (Å²) < 4.78 is 10.9. The fraction of sp³-hybridized carbons (Fsp3) is 0.267. The first kappa shape index (κ1) is 12.4. The Kier molecular flexibility index (Phi) is 4.18. The molecule has 0 aliphatic rings. The highest BCUT2D eigenvalue weighted by molar-refractivity contribution is 5.29. The lowest BCUT2D eigenvalue weighted by Crippen LogP contribution is -2.00. The molecular formula is C15H17NO2. The van der Waals surface area contributed by atoms with E-state index < -0.39 is 0 Å². The van der Waals surface area contributed by atoms with Gasteiger partial charge < -0.3 is 9.47 Å². The minimum absolute atomic E-state index is 0.461. The van der Waals surface area contributed by atoms with Crippen molar-refractivity contribution in [1.82, 2.24) is 4.98 Å². The summed E-state index contributed by atoms with van der Waals surface area (Å²) in [6, 6.07) is 12.0. The molecule has 0 aliphatic heterocycles. The third-order valence-electron chi connectivity index (χ3n) is 2.77. The molecule has 0 aliphatic carbocycles. The van der Waals surface area contributed by atoms with Crippen molar-refractivity contribution < 1.29 is 9.47 Å². The number of hydrogen-bond acceptors (Lipinski definition) is 3. The van der Waals surface area contributed by atoms with Crippen molar-refractivity contribution in [2.24, 2.45) is 0 Å². The third kappa shape index (κ3) is 3.00. The molecule has 0 N–H and O–H groups in total. The molecule has 0 fully saturated rings. The molecule has 0 radical (unpaired) electrons. The maximum absolute atomic E-state index is 5.71. The van der Waals surface area contributed by atoms with Gasteiger partial charge in [-0.05, 0) is 36.2 Å². The van der Waals surface area contributed by atoms with Gasteiger partial charge in [0.25, 0.3) is 0 Å². The molecule has 0 amide bonds. The summed E-state index contributed by atoms with van der Waals surface area (Å²) in [6.07, 6.45) is 2.75. The molecule has 1 heterocycles. The number of aromatic nitrogens is 1. The summed E-state index contributed by atoms with van der Waals surface area (Å²) in [4.78, 5) is 4.13. The number of rotatable bonds is 5. The van der Waals surface area contributed by atoms with E-state index in [2.05, 4.69) is 24.0 Å². The summed E-state index contributed by atoms with van der Waals surface area (Å²) in [7, 11) is 1.61. The number of hydrogen-bond donors (Lipinski definition) is 0. The van der Waals surface area contributed by atoms with Gasteiger partial charge in [0.2, 0.25) is 5.88 Å². The van der Waals surface area contributed by atoms with Gasteiger partial charge in [-0.25, -0.2) is 4.98 Å². The minimum Gasteiger partial charge on any atom is -0.489 e. The summed E-state index contributed by atoms with van der Waals surface area (Å²) in [5.41, 5.74) is 2.25. The summed E-state index contributed by atoms with van der Waals surface area (Å²) >= 11 is 0. The van der Waals surface area contributed by atoms with Gasteiger partial charge in [-0.15, -0.1) is 0 Å². The second-order valence-corrected chi connectivity index (χ2v) is 3.96. The molecule has 0 saturated carbocycles. The second kappa shape index (κ2) is 6.05. The maximum Gasteiger partial charge on any atom is 0.219 e. The van der Waals surface area contributed by atoms with Crippen LogP contribution in [0.1, 0.15) is 18.1 Å². The zero-order valence-electron chi connectivity index (χ0n) is 10.7. The smallest absolute Gasteiger partial charge is 0.219 e. The molecule has 2 aromatic rings. The number of aryl methyl sites for hydroxylation is 1. The van der Waals surface area contributed by atoms with E-state index in [1.54, 1.807) is 13.3 Å². The predicted octanol–water partition coefficient (Wildman–Crippen LogP) is 3.23. The summed E-state index contributed by atoms with van der Waals surface area (Å²) in [5, 5.41) is 0. The Balaban J connectivity index is 2.02. The van der Waals surface area contributed by atoms with E-state index >= 15 is 0 Å². The second-order valence-electron chi connectivity index (χ2n) is 3.96. The van der Waals surface area contributed by atoms with Crippen LogP contribution in [0, 0.1) is 0 Å². The molecule has 18 heavy (non-hydrogen) atoms. The lowest BCUT2D eigenvalue weighted by molar-refractivity contribution is 0.294. The van der Waals surface area contributed by atoms with Crippen LogP contribution >= 0.6 is 0 Å². The van der Waals surface area contributed by atoms with E-state index in [4.69, 9.17) is 9.47 Å². The Morgan fingerprint density at radius 3 is 2.56 bits per heavy atom. The van der Waals surface area contributed by atoms with E-state index in [0.717, 1.165) is 17.7 Å². The Morgan fingerprint density at radius 1 is 1.11 bits per heavy atom. The zero-order valence-corrected chi connectivity index (χ0v) is 10.7. The Hall–Kier alpha value is -2.03. The first-order chi connectivity index (χ1) is 8.83. The van der Waals surface area contributed by atoms with Crippen LogP contribution in [-0.2, 0) is 13.0 Å². The molecule has 0 atom stereocenters. The van der Waals surface area contributed by atoms with E-state index in [-0.39, 0.29) is 0 Å². The standard InChI is InChI=1S/C15H17NO2/c1-3-12-6-8-14(9-7-12)18-11-13-5-4-10-16-15(13)17-2/h4-10H,3,11H2,1-2H3. The van der Waals surface area contributed by atoms with Gasteiger partial charge in [-0.3, -0.25) is 0 Å². The van der Waals surface area contributed by atoms with Gasteiger partial charge in [0.15, 0.2) is 0 Å². The van der Waals surface area contributed by atoms with Crippen LogP contribution in [0.25, 0.3) is 0 Å². The molecule has 0 spiro atoms. The van der Waals surface area contributed by atoms with E-state index in [1.807, 2.05) is 24.3 Å². The summed E-state index contributed by atoms with van der Waals surface area (Å²) in [6.45, 7) is 2.60. The van der Waals surface area contributed by atoms with Crippen molar-refractivity contribution in [3.63, 3.8) is 0 Å². The summed E-state index contributed by atoms with van der Waals surface area (Å²) in [5.74, 6) is 1.47. The first-order valence-electron chi connectivity index (χ1n) is 6.03. The fourth-order valence-electron chi connectivity index (χ4n) is 1.70. The van der Waals surface area contributed by atoms with Gasteiger partial charge >= 0.3 is 0 Å². The van der Waals surface area contributed by atoms with Crippen molar-refractivity contribution in [3.05, 3.63) is 53.7 Å². The molecule has 0 bridgehead atoms. The lowest BCUT2D eigenvalue weighted by Gasteiger charge is -2.09. The minimum atomic E-state index is 0.461. The van der Waals surface area contributed by atoms with Crippen LogP contribution in [0.2, 0.25) is 0 Å². The highest BCUT2D eigenvalue weighted by Crippen LogP contribution is 2.18. The van der Waals surface area contributed by atoms with Gasteiger partial charge in [0, 0.05) is 6.20 Å². The topological polar surface area (TPSA) is 31.4 Å². The van der Waals surface area contributed by atoms with Crippen LogP contribution in [0.15, 0.2) is 42.6 Å². The van der Waals surface area contributed by atoms with Gasteiger partial charge in [-0.1, -0.05) is 19.1 Å². The number of nitrogens with zero attached hydrogens (tertiary/aromatic N) is 1. The number of methoxy groups -OCH3 is 1.